The fourth-order valence-corrected chi connectivity index (χ4v) is 3.06. The van der Waals surface area contributed by atoms with Crippen molar-refractivity contribution >= 4 is 105 Å². The van der Waals surface area contributed by atoms with Gasteiger partial charge < -0.3 is 11.1 Å². The molecule has 0 aliphatic rings. The first kappa shape index (κ1) is 31.0. The lowest BCUT2D eigenvalue weighted by Crippen LogP contribution is -2.20. The van der Waals surface area contributed by atoms with Gasteiger partial charge in [0, 0.05) is 18.1 Å². The Balaban J connectivity index is 0.000000224. The van der Waals surface area contributed by atoms with Crippen molar-refractivity contribution in [1.82, 2.24) is 19.9 Å². The number of nitrogen functional groups attached to an aromatic ring is 1. The first-order valence-corrected chi connectivity index (χ1v) is 12.1. The van der Waals surface area contributed by atoms with E-state index in [1.54, 1.807) is 30.3 Å². The Bertz CT molecular complexity index is 1440. The van der Waals surface area contributed by atoms with E-state index in [4.69, 9.17) is 75.3 Å². The van der Waals surface area contributed by atoms with E-state index in [1.165, 1.54) is 36.7 Å². The second kappa shape index (κ2) is 15.9. The third kappa shape index (κ3) is 11.5. The molecule has 4 rings (SSSR count). The molecule has 4 aromatic rings. The maximum atomic E-state index is 11.7. The predicted molar refractivity (Wildman–Crippen MR) is 152 cm³/mol. The molecule has 0 radical (unpaired) electrons. The van der Waals surface area contributed by atoms with Crippen LogP contribution in [0.4, 0.5) is 28.1 Å². The van der Waals surface area contributed by atoms with Crippen LogP contribution in [-0.2, 0) is 4.79 Å². The maximum Gasteiger partial charge on any atom is 0.326 e. The number of carbonyl (C=O) groups is 1. The van der Waals surface area contributed by atoms with Crippen LogP contribution >= 0.6 is 69.6 Å². The average Bonchev–Trinajstić information content (AvgIpc) is 2.85. The van der Waals surface area contributed by atoms with Crippen molar-refractivity contribution in [1.29, 1.82) is 0 Å². The van der Waals surface area contributed by atoms with Crippen LogP contribution < -0.4 is 16.4 Å². The van der Waals surface area contributed by atoms with Crippen LogP contribution in [0.3, 0.4) is 0 Å². The molecule has 0 bridgehead atoms. The molecule has 0 saturated heterocycles. The molecule has 0 aliphatic carbocycles. The molecule has 0 unspecified atom stereocenters. The zero-order valence-corrected chi connectivity index (χ0v) is 23.2. The van der Waals surface area contributed by atoms with Crippen LogP contribution in [0.1, 0.15) is 0 Å². The number of aromatic nitrogens is 4. The molecule has 38 heavy (non-hydrogen) atoms. The Kier molecular flexibility index (Phi) is 13.0. The zero-order chi connectivity index (χ0) is 28.1. The molecular weight excluding hydrogens is 621 g/mol. The molecule has 0 atom stereocenters. The van der Waals surface area contributed by atoms with E-state index in [-0.39, 0.29) is 17.0 Å². The molecular formula is C22H14Cl6N8O2. The molecule has 2 heterocycles. The summed E-state index contributed by atoms with van der Waals surface area (Å²) in [7, 11) is 0. The molecule has 2 amide bonds. The number of halogens is 6. The van der Waals surface area contributed by atoms with Crippen molar-refractivity contribution in [2.75, 3.05) is 16.4 Å². The number of rotatable bonds is 3. The van der Waals surface area contributed by atoms with Gasteiger partial charge >= 0.3 is 6.03 Å². The summed E-state index contributed by atoms with van der Waals surface area (Å²) in [4.78, 5) is 39.7. The minimum absolute atomic E-state index is 0.102. The molecule has 10 nitrogen and oxygen atoms in total. The largest absolute Gasteiger partial charge is 0.368 e. The summed E-state index contributed by atoms with van der Waals surface area (Å²) in [5.41, 5.74) is 6.10. The summed E-state index contributed by atoms with van der Waals surface area (Å²) in [6.45, 7) is 0. The Morgan fingerprint density at radius 1 is 0.763 bits per heavy atom. The predicted octanol–water partition coefficient (Wildman–Crippen LogP) is 7.75. The minimum atomic E-state index is -0.513. The van der Waals surface area contributed by atoms with Crippen molar-refractivity contribution in [3.63, 3.8) is 0 Å². The molecule has 0 aliphatic heterocycles. The van der Waals surface area contributed by atoms with Crippen molar-refractivity contribution in [2.45, 2.75) is 0 Å². The number of amides is 2. The summed E-state index contributed by atoms with van der Waals surface area (Å²) in [5.74, 6) is 0.308. The molecule has 2 aromatic heterocycles. The lowest BCUT2D eigenvalue weighted by Gasteiger charge is -2.07. The number of anilines is 3. The highest BCUT2D eigenvalue weighted by Gasteiger charge is 2.06. The highest BCUT2D eigenvalue weighted by molar-refractivity contribution is 6.42. The standard InChI is InChI=1S/C11H7Cl3N4O.C7H3Cl2NO.C4H4ClN3/c12-7-2-1-6(5-8(7)13)16-11(19)18-10-15-4-3-9(14)17-10;8-6-2-1-5(10-4-11)3-7(6)9;5-3-1-2-7-4(6)8-3/h1-5H,(H2,15,16,17,18,19);1-3H;1-2H,(H2,6,7,8). The number of hydrogen-bond donors (Lipinski definition) is 3. The summed E-state index contributed by atoms with van der Waals surface area (Å²) >= 11 is 33.9. The Morgan fingerprint density at radius 3 is 1.89 bits per heavy atom. The van der Waals surface area contributed by atoms with Crippen LogP contribution in [0.15, 0.2) is 65.9 Å². The van der Waals surface area contributed by atoms with Gasteiger partial charge in [-0.3, -0.25) is 5.32 Å². The molecule has 2 aromatic carbocycles. The smallest absolute Gasteiger partial charge is 0.326 e. The molecule has 0 fully saturated rings. The van der Waals surface area contributed by atoms with Crippen molar-refractivity contribution in [3.05, 3.63) is 91.3 Å². The first-order valence-electron chi connectivity index (χ1n) is 9.86. The Morgan fingerprint density at radius 2 is 1.37 bits per heavy atom. The van der Waals surface area contributed by atoms with Crippen LogP contribution in [-0.4, -0.2) is 32.0 Å². The van der Waals surface area contributed by atoms with E-state index in [0.29, 0.717) is 36.6 Å². The number of nitrogens with one attached hydrogen (secondary N) is 2. The van der Waals surface area contributed by atoms with Gasteiger partial charge in [0.1, 0.15) is 10.3 Å². The zero-order valence-electron chi connectivity index (χ0n) is 18.7. The van der Waals surface area contributed by atoms with Gasteiger partial charge in [0.25, 0.3) is 0 Å². The van der Waals surface area contributed by atoms with E-state index in [9.17, 15) is 9.59 Å². The number of urea groups is 1. The van der Waals surface area contributed by atoms with Crippen molar-refractivity contribution in [3.8, 4) is 0 Å². The maximum absolute atomic E-state index is 11.7. The average molecular weight is 635 g/mol. The lowest BCUT2D eigenvalue weighted by atomic mass is 10.3. The highest BCUT2D eigenvalue weighted by atomic mass is 35.5. The minimum Gasteiger partial charge on any atom is -0.368 e. The fourth-order valence-electron chi connectivity index (χ4n) is 2.19. The number of nitrogens with two attached hydrogens (primary N) is 1. The number of hydrogen-bond acceptors (Lipinski definition) is 8. The van der Waals surface area contributed by atoms with Crippen LogP contribution in [0, 0.1) is 0 Å². The molecule has 196 valence electrons. The molecule has 16 heteroatoms. The van der Waals surface area contributed by atoms with E-state index >= 15 is 0 Å². The van der Waals surface area contributed by atoms with Gasteiger partial charge in [-0.15, -0.1) is 0 Å². The van der Waals surface area contributed by atoms with Gasteiger partial charge in [-0.05, 0) is 48.5 Å². The van der Waals surface area contributed by atoms with E-state index in [0.717, 1.165) is 0 Å². The first-order chi connectivity index (χ1) is 18.1. The third-order valence-corrected chi connectivity index (χ3v) is 5.64. The van der Waals surface area contributed by atoms with Gasteiger partial charge in [-0.2, -0.15) is 4.99 Å². The summed E-state index contributed by atoms with van der Waals surface area (Å²) < 4.78 is 0. The summed E-state index contributed by atoms with van der Waals surface area (Å²) in [6.07, 6.45) is 4.34. The number of aliphatic imine (C=N–C) groups is 1. The second-order valence-corrected chi connectivity index (χ2v) is 8.85. The second-order valence-electron chi connectivity index (χ2n) is 6.45. The number of nitrogens with zero attached hydrogens (tertiary/aromatic N) is 5. The Labute approximate surface area is 246 Å². The number of isocyanates is 1. The van der Waals surface area contributed by atoms with Crippen LogP contribution in [0.25, 0.3) is 0 Å². The lowest BCUT2D eigenvalue weighted by molar-refractivity contribution is 0.262. The SMILES string of the molecule is Nc1nccc(Cl)n1.O=C(Nc1ccc(Cl)c(Cl)c1)Nc1nccc(Cl)n1.O=C=Nc1ccc(Cl)c(Cl)c1. The quantitative estimate of drug-likeness (QED) is 0.118. The van der Waals surface area contributed by atoms with E-state index in [2.05, 4.69) is 35.6 Å². The molecule has 0 saturated carbocycles. The number of benzene rings is 2. The topological polar surface area (TPSA) is 148 Å². The van der Waals surface area contributed by atoms with Gasteiger partial charge in [-0.25, -0.2) is 29.5 Å². The van der Waals surface area contributed by atoms with Crippen molar-refractivity contribution < 1.29 is 9.59 Å². The van der Waals surface area contributed by atoms with Gasteiger partial charge in [0.2, 0.25) is 18.0 Å². The Hall–Kier alpha value is -3.21. The third-order valence-electron chi connectivity index (χ3n) is 3.74. The van der Waals surface area contributed by atoms with Crippen LogP contribution in [0.5, 0.6) is 0 Å². The molecule has 4 N–H and O–H groups in total. The normalized spacial score (nSPS) is 9.53. The van der Waals surface area contributed by atoms with E-state index in [1.807, 2.05) is 0 Å². The van der Waals surface area contributed by atoms with E-state index < -0.39 is 6.03 Å². The molecule has 0 spiro atoms. The number of carbonyl (C=O) groups excluding carboxylic acids is 2. The van der Waals surface area contributed by atoms with Gasteiger partial charge in [0.05, 0.1) is 25.8 Å². The summed E-state index contributed by atoms with van der Waals surface area (Å²) in [5, 5.41) is 7.18. The highest BCUT2D eigenvalue weighted by Crippen LogP contribution is 2.26. The van der Waals surface area contributed by atoms with Gasteiger partial charge in [-0.1, -0.05) is 69.6 Å². The monoisotopic (exact) mass is 632 g/mol. The van der Waals surface area contributed by atoms with Crippen molar-refractivity contribution in [2.24, 2.45) is 4.99 Å². The fraction of sp³-hybridized carbons (Fsp3) is 0. The van der Waals surface area contributed by atoms with Crippen LogP contribution in [0.2, 0.25) is 30.4 Å². The van der Waals surface area contributed by atoms with Gasteiger partial charge in [0.15, 0.2) is 0 Å². The summed E-state index contributed by atoms with van der Waals surface area (Å²) in [6, 6.07) is 11.9.